The van der Waals surface area contributed by atoms with Gasteiger partial charge in [0, 0.05) is 19.7 Å². The summed E-state index contributed by atoms with van der Waals surface area (Å²) < 4.78 is 5.28. The van der Waals surface area contributed by atoms with Crippen LogP contribution in [0.1, 0.15) is 32.6 Å². The van der Waals surface area contributed by atoms with Crippen molar-refractivity contribution in [3.63, 3.8) is 0 Å². The fourth-order valence-corrected chi connectivity index (χ4v) is 2.16. The van der Waals surface area contributed by atoms with E-state index in [1.54, 1.807) is 0 Å². The number of nitrogens with two attached hydrogens (primary N) is 1. The number of amides is 1. The van der Waals surface area contributed by atoms with Crippen LogP contribution in [0.3, 0.4) is 0 Å². The molecule has 1 rings (SSSR count). The first-order valence-electron chi connectivity index (χ1n) is 6.33. The molecule has 0 aromatic carbocycles. The van der Waals surface area contributed by atoms with E-state index < -0.39 is 0 Å². The minimum Gasteiger partial charge on any atom is -0.372 e. The molecule has 0 bridgehead atoms. The number of nitrogens with zero attached hydrogens (tertiary/aromatic N) is 1. The number of rotatable bonds is 6. The van der Waals surface area contributed by atoms with Crippen LogP contribution < -0.4 is 5.73 Å². The summed E-state index contributed by atoms with van der Waals surface area (Å²) in [4.78, 5) is 13.7. The van der Waals surface area contributed by atoms with Gasteiger partial charge >= 0.3 is 0 Å². The standard InChI is InChI=1S/C12H24N2O2/c1-2-8-16-10-12(15)14-7-3-4-11(9-14)5-6-13/h11H,2-10,13H2,1H3. The van der Waals surface area contributed by atoms with E-state index in [1.807, 2.05) is 11.8 Å². The normalized spacial score (nSPS) is 21.1. The average Bonchev–Trinajstić information content (AvgIpc) is 2.30. The second kappa shape index (κ2) is 7.63. The highest BCUT2D eigenvalue weighted by Gasteiger charge is 2.22. The lowest BCUT2D eigenvalue weighted by atomic mass is 9.95. The number of hydrogen-bond donors (Lipinski definition) is 1. The largest absolute Gasteiger partial charge is 0.372 e. The van der Waals surface area contributed by atoms with E-state index in [2.05, 4.69) is 0 Å². The molecule has 1 atom stereocenters. The van der Waals surface area contributed by atoms with Crippen molar-refractivity contribution >= 4 is 5.91 Å². The Bertz CT molecular complexity index is 207. The van der Waals surface area contributed by atoms with Crippen LogP contribution in [0, 0.1) is 5.92 Å². The van der Waals surface area contributed by atoms with Gasteiger partial charge in [0.15, 0.2) is 0 Å². The van der Waals surface area contributed by atoms with Gasteiger partial charge in [-0.3, -0.25) is 4.79 Å². The molecular formula is C12H24N2O2. The maximum Gasteiger partial charge on any atom is 0.248 e. The monoisotopic (exact) mass is 228 g/mol. The maximum absolute atomic E-state index is 11.8. The number of carbonyl (C=O) groups excluding carboxylic acids is 1. The summed E-state index contributed by atoms with van der Waals surface area (Å²) >= 11 is 0. The molecule has 1 unspecified atom stereocenters. The number of likely N-dealkylation sites (tertiary alicyclic amines) is 1. The molecule has 0 aromatic heterocycles. The van der Waals surface area contributed by atoms with E-state index in [1.165, 1.54) is 6.42 Å². The Labute approximate surface area is 98.1 Å². The molecule has 4 nitrogen and oxygen atoms in total. The van der Waals surface area contributed by atoms with Crippen molar-refractivity contribution in [3.05, 3.63) is 0 Å². The highest BCUT2D eigenvalue weighted by molar-refractivity contribution is 5.77. The molecule has 4 heteroatoms. The molecule has 0 aromatic rings. The van der Waals surface area contributed by atoms with Gasteiger partial charge < -0.3 is 15.4 Å². The Kier molecular flexibility index (Phi) is 6.42. The van der Waals surface area contributed by atoms with Crippen molar-refractivity contribution in [2.75, 3.05) is 32.8 Å². The molecule has 0 aliphatic carbocycles. The second-order valence-electron chi connectivity index (χ2n) is 4.48. The lowest BCUT2D eigenvalue weighted by Gasteiger charge is -2.32. The van der Waals surface area contributed by atoms with E-state index in [0.29, 0.717) is 12.5 Å². The van der Waals surface area contributed by atoms with E-state index in [0.717, 1.165) is 38.9 Å². The van der Waals surface area contributed by atoms with Crippen LogP contribution in [0.2, 0.25) is 0 Å². The molecule has 0 saturated carbocycles. The van der Waals surface area contributed by atoms with Crippen molar-refractivity contribution in [2.45, 2.75) is 32.6 Å². The molecule has 1 fully saturated rings. The number of carbonyl (C=O) groups is 1. The van der Waals surface area contributed by atoms with Gasteiger partial charge in [-0.1, -0.05) is 6.92 Å². The Morgan fingerprint density at radius 1 is 1.56 bits per heavy atom. The highest BCUT2D eigenvalue weighted by atomic mass is 16.5. The minimum absolute atomic E-state index is 0.134. The summed E-state index contributed by atoms with van der Waals surface area (Å²) in [6, 6.07) is 0. The zero-order valence-corrected chi connectivity index (χ0v) is 10.3. The van der Waals surface area contributed by atoms with Crippen molar-refractivity contribution in [1.82, 2.24) is 4.90 Å². The van der Waals surface area contributed by atoms with Gasteiger partial charge in [-0.15, -0.1) is 0 Å². The van der Waals surface area contributed by atoms with Crippen molar-refractivity contribution in [1.29, 1.82) is 0 Å². The summed E-state index contributed by atoms with van der Waals surface area (Å²) in [6.07, 6.45) is 4.30. The topological polar surface area (TPSA) is 55.6 Å². The van der Waals surface area contributed by atoms with E-state index >= 15 is 0 Å². The predicted molar refractivity (Wildman–Crippen MR) is 64.1 cm³/mol. The molecule has 0 radical (unpaired) electrons. The third-order valence-electron chi connectivity index (χ3n) is 3.02. The van der Waals surface area contributed by atoms with E-state index in [9.17, 15) is 4.79 Å². The molecule has 1 amide bonds. The highest BCUT2D eigenvalue weighted by Crippen LogP contribution is 2.18. The predicted octanol–water partition coefficient (Wildman–Crippen LogP) is 1.00. The Balaban J connectivity index is 2.26. The molecule has 1 heterocycles. The quantitative estimate of drug-likeness (QED) is 0.690. The summed E-state index contributed by atoms with van der Waals surface area (Å²) in [5, 5.41) is 0. The van der Waals surface area contributed by atoms with E-state index in [-0.39, 0.29) is 12.5 Å². The van der Waals surface area contributed by atoms with Crippen molar-refractivity contribution in [3.8, 4) is 0 Å². The Hall–Kier alpha value is -0.610. The summed E-state index contributed by atoms with van der Waals surface area (Å²) in [6.45, 7) is 5.43. The minimum atomic E-state index is 0.134. The molecule has 1 saturated heterocycles. The number of ether oxygens (including phenoxy) is 1. The lowest BCUT2D eigenvalue weighted by molar-refractivity contribution is -0.138. The number of piperidine rings is 1. The second-order valence-corrected chi connectivity index (χ2v) is 4.48. The first kappa shape index (κ1) is 13.5. The lowest BCUT2D eigenvalue weighted by Crippen LogP contribution is -2.42. The fourth-order valence-electron chi connectivity index (χ4n) is 2.16. The third kappa shape index (κ3) is 4.49. The first-order valence-corrected chi connectivity index (χ1v) is 6.33. The molecule has 2 N–H and O–H groups in total. The van der Waals surface area contributed by atoms with Gasteiger partial charge in [-0.05, 0) is 38.1 Å². The van der Waals surface area contributed by atoms with E-state index in [4.69, 9.17) is 10.5 Å². The van der Waals surface area contributed by atoms with Gasteiger partial charge in [0.05, 0.1) is 0 Å². The van der Waals surface area contributed by atoms with Crippen LogP contribution in [0.25, 0.3) is 0 Å². The zero-order valence-electron chi connectivity index (χ0n) is 10.3. The van der Waals surface area contributed by atoms with Crippen LogP contribution in [-0.2, 0) is 9.53 Å². The SMILES string of the molecule is CCCOCC(=O)N1CCCC(CCN)C1. The average molecular weight is 228 g/mol. The van der Waals surface area contributed by atoms with Crippen LogP contribution in [0.15, 0.2) is 0 Å². The van der Waals surface area contributed by atoms with Crippen LogP contribution >= 0.6 is 0 Å². The first-order chi connectivity index (χ1) is 7.77. The van der Waals surface area contributed by atoms with Gasteiger partial charge in [-0.25, -0.2) is 0 Å². The molecular weight excluding hydrogens is 204 g/mol. The molecule has 16 heavy (non-hydrogen) atoms. The maximum atomic E-state index is 11.8. The summed E-state index contributed by atoms with van der Waals surface area (Å²) in [5.41, 5.74) is 5.55. The zero-order chi connectivity index (χ0) is 11.8. The third-order valence-corrected chi connectivity index (χ3v) is 3.02. The molecule has 0 spiro atoms. The summed E-state index contributed by atoms with van der Waals surface area (Å²) in [7, 11) is 0. The Morgan fingerprint density at radius 2 is 2.38 bits per heavy atom. The van der Waals surface area contributed by atoms with Crippen molar-refractivity contribution < 1.29 is 9.53 Å². The smallest absolute Gasteiger partial charge is 0.248 e. The van der Waals surface area contributed by atoms with Crippen molar-refractivity contribution in [2.24, 2.45) is 11.7 Å². The number of hydrogen-bond acceptors (Lipinski definition) is 3. The van der Waals surface area contributed by atoms with Gasteiger partial charge in [-0.2, -0.15) is 0 Å². The Morgan fingerprint density at radius 3 is 3.06 bits per heavy atom. The van der Waals surface area contributed by atoms with Gasteiger partial charge in [0.1, 0.15) is 6.61 Å². The fraction of sp³-hybridized carbons (Fsp3) is 0.917. The van der Waals surface area contributed by atoms with Gasteiger partial charge in [0.25, 0.3) is 0 Å². The van der Waals surface area contributed by atoms with Crippen LogP contribution in [-0.4, -0.2) is 43.7 Å². The summed E-state index contributed by atoms with van der Waals surface area (Å²) in [5.74, 6) is 0.726. The van der Waals surface area contributed by atoms with Crippen LogP contribution in [0.4, 0.5) is 0 Å². The van der Waals surface area contributed by atoms with Crippen LogP contribution in [0.5, 0.6) is 0 Å². The molecule has 1 aliphatic rings. The molecule has 1 aliphatic heterocycles. The van der Waals surface area contributed by atoms with Gasteiger partial charge in [0.2, 0.25) is 5.91 Å². The molecule has 94 valence electrons.